The second-order valence-corrected chi connectivity index (χ2v) is 5.84. The molecule has 9 heteroatoms. The van der Waals surface area contributed by atoms with Crippen molar-refractivity contribution in [3.05, 3.63) is 24.3 Å². The molecular weight excluding hydrogens is 349 g/mol. The zero-order valence-electron chi connectivity index (χ0n) is 15.6. The first-order chi connectivity index (χ1) is 12.2. The van der Waals surface area contributed by atoms with E-state index in [1.165, 1.54) is 11.9 Å². The molecule has 1 atom stereocenters. The first-order valence-corrected chi connectivity index (χ1v) is 8.24. The first-order valence-electron chi connectivity index (χ1n) is 8.24. The topological polar surface area (TPSA) is 58.1 Å². The molecule has 0 heterocycles. The highest BCUT2D eigenvalue weighted by atomic mass is 19.4. The van der Waals surface area contributed by atoms with Crippen LogP contribution >= 0.6 is 0 Å². The second kappa shape index (κ2) is 10.7. The lowest BCUT2D eigenvalue weighted by Crippen LogP contribution is -2.44. The summed E-state index contributed by atoms with van der Waals surface area (Å²) in [5, 5.41) is 6.06. The van der Waals surface area contributed by atoms with Gasteiger partial charge in [-0.1, -0.05) is 6.07 Å². The summed E-state index contributed by atoms with van der Waals surface area (Å²) in [6.45, 7) is 2.03. The van der Waals surface area contributed by atoms with E-state index in [1.54, 1.807) is 20.2 Å². The molecule has 0 aliphatic rings. The number of methoxy groups -OCH3 is 1. The fourth-order valence-corrected chi connectivity index (χ4v) is 2.16. The Hall–Kier alpha value is -2.16. The molecule has 0 amide bonds. The fourth-order valence-electron chi connectivity index (χ4n) is 2.16. The van der Waals surface area contributed by atoms with Crippen LogP contribution in [0.25, 0.3) is 0 Å². The molecule has 0 fully saturated rings. The van der Waals surface area contributed by atoms with Crippen LogP contribution in [0.1, 0.15) is 6.92 Å². The first kappa shape index (κ1) is 21.9. The molecule has 1 aromatic rings. The van der Waals surface area contributed by atoms with Gasteiger partial charge in [0, 0.05) is 26.2 Å². The van der Waals surface area contributed by atoms with Crippen LogP contribution in [0.2, 0.25) is 0 Å². The fraction of sp³-hybridized carbons (Fsp3) is 0.588. The van der Waals surface area contributed by atoms with Crippen molar-refractivity contribution in [3.63, 3.8) is 0 Å². The van der Waals surface area contributed by atoms with Gasteiger partial charge in [0.05, 0.1) is 20.2 Å². The van der Waals surface area contributed by atoms with E-state index in [4.69, 9.17) is 9.47 Å². The van der Waals surface area contributed by atoms with Crippen molar-refractivity contribution in [1.29, 1.82) is 0 Å². The quantitative estimate of drug-likeness (QED) is 0.511. The van der Waals surface area contributed by atoms with E-state index in [-0.39, 0.29) is 12.6 Å². The summed E-state index contributed by atoms with van der Waals surface area (Å²) < 4.78 is 47.8. The third kappa shape index (κ3) is 9.36. The highest BCUT2D eigenvalue weighted by molar-refractivity contribution is 5.79. The van der Waals surface area contributed by atoms with Crippen molar-refractivity contribution >= 4 is 5.96 Å². The molecule has 0 spiro atoms. The number of nitrogens with one attached hydrogen (secondary N) is 2. The largest absolute Gasteiger partial charge is 0.497 e. The van der Waals surface area contributed by atoms with Crippen molar-refractivity contribution < 1.29 is 22.6 Å². The monoisotopic (exact) mass is 376 g/mol. The average Bonchev–Trinajstić information content (AvgIpc) is 2.56. The summed E-state index contributed by atoms with van der Waals surface area (Å²) in [5.41, 5.74) is 0. The van der Waals surface area contributed by atoms with Gasteiger partial charge in [0.25, 0.3) is 0 Å². The molecule has 0 aromatic heterocycles. The van der Waals surface area contributed by atoms with Gasteiger partial charge in [0.15, 0.2) is 5.96 Å². The smallest absolute Gasteiger partial charge is 0.401 e. The molecule has 0 aliphatic carbocycles. The Morgan fingerprint density at radius 2 is 1.96 bits per heavy atom. The second-order valence-electron chi connectivity index (χ2n) is 5.84. The van der Waals surface area contributed by atoms with E-state index in [2.05, 4.69) is 15.6 Å². The Bertz CT molecular complexity index is 567. The standard InChI is InChI=1S/C17H27F3N4O2/c1-13(26-15-7-5-6-14(10-15)25-4)11-23-16(21-2)22-8-9-24(3)12-17(18,19)20/h5-7,10,13H,8-9,11-12H2,1-4H3,(H2,21,22,23). The summed E-state index contributed by atoms with van der Waals surface area (Å²) in [5.74, 6) is 1.91. The molecule has 1 aromatic carbocycles. The van der Waals surface area contributed by atoms with Crippen molar-refractivity contribution in [3.8, 4) is 11.5 Å². The van der Waals surface area contributed by atoms with Gasteiger partial charge in [-0.05, 0) is 26.1 Å². The van der Waals surface area contributed by atoms with Gasteiger partial charge in [-0.3, -0.25) is 9.89 Å². The lowest BCUT2D eigenvalue weighted by Gasteiger charge is -2.20. The molecular formula is C17H27F3N4O2. The SMILES string of the molecule is CN=C(NCCN(C)CC(F)(F)F)NCC(C)Oc1cccc(OC)c1. The zero-order chi connectivity index (χ0) is 19.6. The van der Waals surface area contributed by atoms with Gasteiger partial charge in [-0.2, -0.15) is 13.2 Å². The molecule has 26 heavy (non-hydrogen) atoms. The van der Waals surface area contributed by atoms with Crippen LogP contribution in [0.4, 0.5) is 13.2 Å². The van der Waals surface area contributed by atoms with Crippen LogP contribution in [0.15, 0.2) is 29.3 Å². The van der Waals surface area contributed by atoms with Gasteiger partial charge < -0.3 is 20.1 Å². The Kier molecular flexibility index (Phi) is 9.04. The number of alkyl halides is 3. The van der Waals surface area contributed by atoms with Crippen LogP contribution in [-0.2, 0) is 0 Å². The average molecular weight is 376 g/mol. The summed E-state index contributed by atoms with van der Waals surface area (Å²) in [7, 11) is 4.61. The number of rotatable bonds is 9. The molecule has 2 N–H and O–H groups in total. The molecule has 0 saturated heterocycles. The molecule has 0 radical (unpaired) electrons. The third-order valence-electron chi connectivity index (χ3n) is 3.39. The van der Waals surface area contributed by atoms with Crippen LogP contribution < -0.4 is 20.1 Å². The predicted octanol–water partition coefficient (Wildman–Crippen LogP) is 2.12. The summed E-state index contributed by atoms with van der Waals surface area (Å²) >= 11 is 0. The number of halogens is 3. The van der Waals surface area contributed by atoms with Crippen LogP contribution in [-0.4, -0.2) is 70.5 Å². The Balaban J connectivity index is 2.32. The number of guanidine groups is 1. The maximum Gasteiger partial charge on any atom is 0.401 e. The minimum atomic E-state index is -4.19. The maximum absolute atomic E-state index is 12.3. The van der Waals surface area contributed by atoms with E-state index >= 15 is 0 Å². The van der Waals surface area contributed by atoms with Gasteiger partial charge >= 0.3 is 6.18 Å². The van der Waals surface area contributed by atoms with E-state index < -0.39 is 12.7 Å². The van der Waals surface area contributed by atoms with Crippen molar-refractivity contribution in [2.45, 2.75) is 19.2 Å². The Morgan fingerprint density at radius 1 is 1.27 bits per heavy atom. The minimum Gasteiger partial charge on any atom is -0.497 e. The molecule has 1 unspecified atom stereocenters. The lowest BCUT2D eigenvalue weighted by molar-refractivity contribution is -0.142. The van der Waals surface area contributed by atoms with Gasteiger partial charge in [-0.15, -0.1) is 0 Å². The predicted molar refractivity (Wildman–Crippen MR) is 96.0 cm³/mol. The lowest BCUT2D eigenvalue weighted by atomic mass is 10.3. The van der Waals surface area contributed by atoms with Crippen LogP contribution in [0.5, 0.6) is 11.5 Å². The number of hydrogen-bond acceptors (Lipinski definition) is 4. The Morgan fingerprint density at radius 3 is 2.58 bits per heavy atom. The van der Waals surface area contributed by atoms with Crippen molar-refractivity contribution in [2.75, 3.05) is 47.4 Å². The third-order valence-corrected chi connectivity index (χ3v) is 3.39. The van der Waals surface area contributed by atoms with Crippen LogP contribution in [0, 0.1) is 0 Å². The number of likely N-dealkylation sites (N-methyl/N-ethyl adjacent to an activating group) is 1. The number of nitrogens with zero attached hydrogens (tertiary/aromatic N) is 2. The normalized spacial score (nSPS) is 13.5. The van der Waals surface area contributed by atoms with Gasteiger partial charge in [0.2, 0.25) is 0 Å². The number of benzene rings is 1. The highest BCUT2D eigenvalue weighted by Crippen LogP contribution is 2.19. The number of ether oxygens (including phenoxy) is 2. The highest BCUT2D eigenvalue weighted by Gasteiger charge is 2.28. The van der Waals surface area contributed by atoms with E-state index in [0.717, 1.165) is 0 Å². The van der Waals surface area contributed by atoms with E-state index in [0.29, 0.717) is 30.5 Å². The summed E-state index contributed by atoms with van der Waals surface area (Å²) in [6.07, 6.45) is -4.34. The summed E-state index contributed by atoms with van der Waals surface area (Å²) in [4.78, 5) is 5.25. The van der Waals surface area contributed by atoms with E-state index in [9.17, 15) is 13.2 Å². The molecule has 1 rings (SSSR count). The molecule has 0 bridgehead atoms. The molecule has 0 saturated carbocycles. The van der Waals surface area contributed by atoms with Gasteiger partial charge in [-0.25, -0.2) is 0 Å². The van der Waals surface area contributed by atoms with Gasteiger partial charge in [0.1, 0.15) is 17.6 Å². The minimum absolute atomic E-state index is 0.145. The molecule has 148 valence electrons. The Labute approximate surface area is 152 Å². The molecule has 6 nitrogen and oxygen atoms in total. The van der Waals surface area contributed by atoms with Crippen LogP contribution in [0.3, 0.4) is 0 Å². The van der Waals surface area contributed by atoms with Crippen molar-refractivity contribution in [2.24, 2.45) is 4.99 Å². The van der Waals surface area contributed by atoms with Crippen molar-refractivity contribution in [1.82, 2.24) is 15.5 Å². The zero-order valence-corrected chi connectivity index (χ0v) is 15.6. The summed E-state index contributed by atoms with van der Waals surface area (Å²) in [6, 6.07) is 7.30. The number of hydrogen-bond donors (Lipinski definition) is 2. The van der Waals surface area contributed by atoms with E-state index in [1.807, 2.05) is 25.1 Å². The number of aliphatic imine (C=N–C) groups is 1. The maximum atomic E-state index is 12.3. The molecule has 0 aliphatic heterocycles.